The standard InChI is InChI=1S/C25H31N5O2S/c1-5-29-11-13-30(14-12-29)23-9-8-20(15-17(23)2)27-24(31)21-7-6-10-26-25(21)33-16-22-18(3)28-32-19(22)4/h6-10,15H,5,11-14,16H2,1-4H3,(H,27,31). The first kappa shape index (κ1) is 23.3. The van der Waals surface area contributed by atoms with Crippen molar-refractivity contribution in [3.05, 3.63) is 64.7 Å². The van der Waals surface area contributed by atoms with Crippen molar-refractivity contribution in [1.29, 1.82) is 0 Å². The Morgan fingerprint density at radius 2 is 1.94 bits per heavy atom. The van der Waals surface area contributed by atoms with Gasteiger partial charge >= 0.3 is 0 Å². The van der Waals surface area contributed by atoms with E-state index in [1.165, 1.54) is 17.4 Å². The first-order valence-electron chi connectivity index (χ1n) is 11.3. The first-order valence-corrected chi connectivity index (χ1v) is 12.3. The molecule has 0 aliphatic carbocycles. The topological polar surface area (TPSA) is 74.5 Å². The van der Waals surface area contributed by atoms with E-state index in [4.69, 9.17) is 4.52 Å². The molecule has 1 aromatic carbocycles. The summed E-state index contributed by atoms with van der Waals surface area (Å²) in [5, 5.41) is 7.75. The van der Waals surface area contributed by atoms with Crippen LogP contribution in [0.15, 0.2) is 46.1 Å². The molecule has 7 nitrogen and oxygen atoms in total. The van der Waals surface area contributed by atoms with Crippen LogP contribution in [0.1, 0.15) is 39.9 Å². The van der Waals surface area contributed by atoms with Crippen LogP contribution < -0.4 is 10.2 Å². The maximum atomic E-state index is 13.1. The number of amides is 1. The van der Waals surface area contributed by atoms with Crippen LogP contribution in [0.3, 0.4) is 0 Å². The summed E-state index contributed by atoms with van der Waals surface area (Å²) in [4.78, 5) is 22.4. The van der Waals surface area contributed by atoms with E-state index in [9.17, 15) is 4.79 Å². The number of hydrogen-bond donors (Lipinski definition) is 1. The summed E-state index contributed by atoms with van der Waals surface area (Å²) in [7, 11) is 0. The number of pyridine rings is 1. The van der Waals surface area contributed by atoms with Gasteiger partial charge in [-0.3, -0.25) is 4.79 Å². The summed E-state index contributed by atoms with van der Waals surface area (Å²) in [6, 6.07) is 9.75. The highest BCUT2D eigenvalue weighted by atomic mass is 32.2. The molecule has 33 heavy (non-hydrogen) atoms. The molecule has 3 aromatic rings. The van der Waals surface area contributed by atoms with E-state index in [1.807, 2.05) is 32.0 Å². The smallest absolute Gasteiger partial charge is 0.258 e. The van der Waals surface area contributed by atoms with Gasteiger partial charge < -0.3 is 19.6 Å². The summed E-state index contributed by atoms with van der Waals surface area (Å²) >= 11 is 1.52. The van der Waals surface area contributed by atoms with Crippen molar-refractivity contribution in [2.45, 2.75) is 38.5 Å². The number of likely N-dealkylation sites (N-methyl/N-ethyl adjacent to an activating group) is 1. The molecule has 1 aliphatic heterocycles. The van der Waals surface area contributed by atoms with Gasteiger partial charge in [0.15, 0.2) is 0 Å². The van der Waals surface area contributed by atoms with Gasteiger partial charge in [-0.2, -0.15) is 0 Å². The van der Waals surface area contributed by atoms with Crippen molar-refractivity contribution >= 4 is 29.0 Å². The normalized spacial score (nSPS) is 14.5. The lowest BCUT2D eigenvalue weighted by molar-refractivity contribution is 0.102. The fraction of sp³-hybridized carbons (Fsp3) is 0.400. The molecule has 1 saturated heterocycles. The molecule has 8 heteroatoms. The Hall–Kier alpha value is -2.84. The molecule has 0 radical (unpaired) electrons. The lowest BCUT2D eigenvalue weighted by Gasteiger charge is -2.36. The van der Waals surface area contributed by atoms with Gasteiger partial charge in [-0.15, -0.1) is 11.8 Å². The molecule has 0 bridgehead atoms. The van der Waals surface area contributed by atoms with E-state index in [-0.39, 0.29) is 5.91 Å². The third-order valence-electron chi connectivity index (χ3n) is 6.17. The summed E-state index contributed by atoms with van der Waals surface area (Å²) < 4.78 is 5.25. The van der Waals surface area contributed by atoms with Crippen molar-refractivity contribution in [2.24, 2.45) is 0 Å². The predicted octanol–water partition coefficient (Wildman–Crippen LogP) is 4.68. The average molecular weight is 466 g/mol. The maximum absolute atomic E-state index is 13.1. The summed E-state index contributed by atoms with van der Waals surface area (Å²) in [6.45, 7) is 13.5. The van der Waals surface area contributed by atoms with Crippen molar-refractivity contribution < 1.29 is 9.32 Å². The Bertz CT molecular complexity index is 1100. The number of piperazine rings is 1. The number of carbonyl (C=O) groups excluding carboxylic acids is 1. The molecular formula is C25H31N5O2S. The highest BCUT2D eigenvalue weighted by molar-refractivity contribution is 7.98. The molecule has 3 heterocycles. The third kappa shape index (κ3) is 5.39. The van der Waals surface area contributed by atoms with Crippen molar-refractivity contribution in [1.82, 2.24) is 15.0 Å². The van der Waals surface area contributed by atoms with Crippen molar-refractivity contribution in [2.75, 3.05) is 42.9 Å². The minimum atomic E-state index is -0.159. The van der Waals surface area contributed by atoms with Gasteiger partial charge in [0.25, 0.3) is 5.91 Å². The van der Waals surface area contributed by atoms with E-state index < -0.39 is 0 Å². The van der Waals surface area contributed by atoms with E-state index in [1.54, 1.807) is 12.3 Å². The molecule has 0 atom stereocenters. The number of aryl methyl sites for hydroxylation is 3. The molecule has 0 spiro atoms. The van der Waals surface area contributed by atoms with Crippen molar-refractivity contribution in [3.63, 3.8) is 0 Å². The highest BCUT2D eigenvalue weighted by Crippen LogP contribution is 2.29. The maximum Gasteiger partial charge on any atom is 0.258 e. The number of thioether (sulfide) groups is 1. The van der Waals surface area contributed by atoms with Gasteiger partial charge in [0, 0.05) is 55.1 Å². The summed E-state index contributed by atoms with van der Waals surface area (Å²) in [5.74, 6) is 1.29. The van der Waals surface area contributed by atoms with Crippen LogP contribution in [-0.4, -0.2) is 53.7 Å². The quantitative estimate of drug-likeness (QED) is 0.508. The van der Waals surface area contributed by atoms with Gasteiger partial charge in [-0.1, -0.05) is 12.1 Å². The predicted molar refractivity (Wildman–Crippen MR) is 133 cm³/mol. The molecular weight excluding hydrogens is 434 g/mol. The Morgan fingerprint density at radius 1 is 1.15 bits per heavy atom. The van der Waals surface area contributed by atoms with E-state index in [0.29, 0.717) is 16.3 Å². The number of aromatic nitrogens is 2. The fourth-order valence-electron chi connectivity index (χ4n) is 4.12. The molecule has 1 N–H and O–H groups in total. The second-order valence-corrected chi connectivity index (χ2v) is 9.29. The Labute approximate surface area is 199 Å². The Morgan fingerprint density at radius 3 is 2.61 bits per heavy atom. The fourth-order valence-corrected chi connectivity index (χ4v) is 5.26. The molecule has 1 amide bonds. The third-order valence-corrected chi connectivity index (χ3v) is 7.20. The average Bonchev–Trinajstić information content (AvgIpc) is 3.15. The minimum Gasteiger partial charge on any atom is -0.369 e. The van der Waals surface area contributed by atoms with Crippen LogP contribution >= 0.6 is 11.8 Å². The lowest BCUT2D eigenvalue weighted by Crippen LogP contribution is -2.46. The molecule has 1 fully saturated rings. The molecule has 2 aromatic heterocycles. The largest absolute Gasteiger partial charge is 0.369 e. The van der Waals surface area contributed by atoms with Gasteiger partial charge in [0.05, 0.1) is 11.3 Å². The molecule has 1 aliphatic rings. The molecule has 4 rings (SSSR count). The van der Waals surface area contributed by atoms with Gasteiger partial charge in [-0.05, 0) is 63.2 Å². The number of benzene rings is 1. The van der Waals surface area contributed by atoms with Crippen LogP contribution in [-0.2, 0) is 5.75 Å². The number of hydrogen-bond acceptors (Lipinski definition) is 7. The number of rotatable bonds is 7. The highest BCUT2D eigenvalue weighted by Gasteiger charge is 2.19. The molecule has 0 saturated carbocycles. The van der Waals surface area contributed by atoms with Crippen LogP contribution in [0.25, 0.3) is 0 Å². The minimum absolute atomic E-state index is 0.159. The van der Waals surface area contributed by atoms with Crippen LogP contribution in [0.2, 0.25) is 0 Å². The van der Waals surface area contributed by atoms with Gasteiger partial charge in [0.1, 0.15) is 10.8 Å². The second kappa shape index (κ2) is 10.4. The SMILES string of the molecule is CCN1CCN(c2ccc(NC(=O)c3cccnc3SCc3c(C)noc3C)cc2C)CC1. The Balaban J connectivity index is 1.44. The second-order valence-electron chi connectivity index (χ2n) is 8.32. The number of carbonyl (C=O) groups is 1. The zero-order valence-electron chi connectivity index (χ0n) is 19.7. The number of nitrogens with zero attached hydrogens (tertiary/aromatic N) is 4. The Kier molecular flexibility index (Phi) is 7.35. The van der Waals surface area contributed by atoms with E-state index in [2.05, 4.69) is 45.2 Å². The summed E-state index contributed by atoms with van der Waals surface area (Å²) in [5.41, 5.74) is 5.67. The van der Waals surface area contributed by atoms with Gasteiger partial charge in [0.2, 0.25) is 0 Å². The van der Waals surface area contributed by atoms with Gasteiger partial charge in [-0.25, -0.2) is 4.98 Å². The van der Waals surface area contributed by atoms with Crippen LogP contribution in [0, 0.1) is 20.8 Å². The zero-order valence-corrected chi connectivity index (χ0v) is 20.5. The molecule has 174 valence electrons. The molecule has 0 unspecified atom stereocenters. The summed E-state index contributed by atoms with van der Waals surface area (Å²) in [6.07, 6.45) is 1.71. The number of nitrogens with one attached hydrogen (secondary N) is 1. The first-order chi connectivity index (χ1) is 16.0. The van der Waals surface area contributed by atoms with Crippen LogP contribution in [0.5, 0.6) is 0 Å². The lowest BCUT2D eigenvalue weighted by atomic mass is 10.1. The van der Waals surface area contributed by atoms with E-state index >= 15 is 0 Å². The van der Waals surface area contributed by atoms with Crippen molar-refractivity contribution in [3.8, 4) is 0 Å². The zero-order chi connectivity index (χ0) is 23.4. The van der Waals surface area contributed by atoms with Crippen LogP contribution in [0.4, 0.5) is 11.4 Å². The number of anilines is 2. The monoisotopic (exact) mass is 465 g/mol. The van der Waals surface area contributed by atoms with E-state index in [0.717, 1.165) is 61.0 Å².